The van der Waals surface area contributed by atoms with Crippen molar-refractivity contribution < 1.29 is 9.18 Å². The fraction of sp³-hybridized carbons (Fsp3) is 0.182. The molecule has 0 saturated heterocycles. The molecule has 0 saturated carbocycles. The Balaban J connectivity index is 1.98. The SMILES string of the molecule is Cc1ccc(Cn2c(C)cc(=O)c(C(=O)Nc3ccccc3F)c2C)cc1. The summed E-state index contributed by atoms with van der Waals surface area (Å²) in [6.07, 6.45) is 0. The van der Waals surface area contributed by atoms with Gasteiger partial charge >= 0.3 is 0 Å². The summed E-state index contributed by atoms with van der Waals surface area (Å²) in [7, 11) is 0. The molecule has 1 N–H and O–H groups in total. The second kappa shape index (κ2) is 7.58. The molecule has 2 aromatic carbocycles. The highest BCUT2D eigenvalue weighted by Gasteiger charge is 2.18. The van der Waals surface area contributed by atoms with Gasteiger partial charge < -0.3 is 9.88 Å². The molecule has 1 amide bonds. The van der Waals surface area contributed by atoms with E-state index in [0.29, 0.717) is 12.2 Å². The van der Waals surface area contributed by atoms with Crippen molar-refractivity contribution in [2.45, 2.75) is 27.3 Å². The molecule has 0 bridgehead atoms. The average Bonchev–Trinajstić information content (AvgIpc) is 2.62. The van der Waals surface area contributed by atoms with Gasteiger partial charge in [0.2, 0.25) is 0 Å². The molecular formula is C22H21FN2O2. The van der Waals surface area contributed by atoms with Gasteiger partial charge in [-0.25, -0.2) is 4.39 Å². The highest BCUT2D eigenvalue weighted by molar-refractivity contribution is 6.05. The number of nitrogens with zero attached hydrogens (tertiary/aromatic N) is 1. The number of rotatable bonds is 4. The molecule has 0 aliphatic heterocycles. The molecular weight excluding hydrogens is 343 g/mol. The van der Waals surface area contributed by atoms with E-state index in [9.17, 15) is 14.0 Å². The number of halogens is 1. The van der Waals surface area contributed by atoms with E-state index in [1.165, 1.54) is 24.3 Å². The van der Waals surface area contributed by atoms with E-state index in [-0.39, 0.29) is 16.7 Å². The monoisotopic (exact) mass is 364 g/mol. The summed E-state index contributed by atoms with van der Waals surface area (Å²) in [5.74, 6) is -1.16. The van der Waals surface area contributed by atoms with E-state index in [2.05, 4.69) is 5.32 Å². The van der Waals surface area contributed by atoms with Crippen LogP contribution >= 0.6 is 0 Å². The normalized spacial score (nSPS) is 10.7. The molecule has 1 heterocycles. The van der Waals surface area contributed by atoms with Crippen molar-refractivity contribution in [3.8, 4) is 0 Å². The molecule has 3 rings (SSSR count). The number of anilines is 1. The van der Waals surface area contributed by atoms with Gasteiger partial charge in [-0.15, -0.1) is 0 Å². The van der Waals surface area contributed by atoms with Gasteiger partial charge in [-0.3, -0.25) is 9.59 Å². The van der Waals surface area contributed by atoms with Crippen LogP contribution in [0.5, 0.6) is 0 Å². The van der Waals surface area contributed by atoms with E-state index in [1.807, 2.05) is 42.7 Å². The lowest BCUT2D eigenvalue weighted by molar-refractivity contribution is 0.102. The minimum Gasteiger partial charge on any atom is -0.344 e. The zero-order chi connectivity index (χ0) is 19.6. The molecule has 0 spiro atoms. The quantitative estimate of drug-likeness (QED) is 0.754. The zero-order valence-electron chi connectivity index (χ0n) is 15.5. The van der Waals surface area contributed by atoms with Crippen LogP contribution < -0.4 is 10.7 Å². The number of hydrogen-bond acceptors (Lipinski definition) is 2. The Bertz CT molecular complexity index is 1050. The Labute approximate surface area is 157 Å². The first-order valence-electron chi connectivity index (χ1n) is 8.69. The first-order valence-corrected chi connectivity index (χ1v) is 8.69. The number of pyridine rings is 1. The zero-order valence-corrected chi connectivity index (χ0v) is 15.5. The molecule has 0 aliphatic rings. The second-order valence-electron chi connectivity index (χ2n) is 6.62. The lowest BCUT2D eigenvalue weighted by atomic mass is 10.1. The van der Waals surface area contributed by atoms with Crippen LogP contribution in [0.4, 0.5) is 10.1 Å². The molecule has 0 aliphatic carbocycles. The van der Waals surface area contributed by atoms with Crippen LogP contribution in [0.1, 0.15) is 32.9 Å². The van der Waals surface area contributed by atoms with Crippen molar-refractivity contribution in [1.82, 2.24) is 4.57 Å². The maximum absolute atomic E-state index is 13.8. The summed E-state index contributed by atoms with van der Waals surface area (Å²) < 4.78 is 15.8. The minimum absolute atomic E-state index is 0.0240. The van der Waals surface area contributed by atoms with E-state index >= 15 is 0 Å². The fourth-order valence-corrected chi connectivity index (χ4v) is 3.06. The third kappa shape index (κ3) is 3.97. The van der Waals surface area contributed by atoms with Crippen LogP contribution in [0.3, 0.4) is 0 Å². The lowest BCUT2D eigenvalue weighted by Crippen LogP contribution is -2.27. The van der Waals surface area contributed by atoms with Crippen molar-refractivity contribution in [2.75, 3.05) is 5.32 Å². The Morgan fingerprint density at radius 2 is 1.70 bits per heavy atom. The number of hydrogen-bond donors (Lipinski definition) is 1. The molecule has 3 aromatic rings. The number of para-hydroxylation sites is 1. The first-order chi connectivity index (χ1) is 12.9. The highest BCUT2D eigenvalue weighted by atomic mass is 19.1. The number of carbonyl (C=O) groups is 1. The van der Waals surface area contributed by atoms with Crippen LogP contribution in [-0.4, -0.2) is 10.5 Å². The van der Waals surface area contributed by atoms with Gasteiger partial charge in [0, 0.05) is 24.0 Å². The van der Waals surface area contributed by atoms with Crippen molar-refractivity contribution in [2.24, 2.45) is 0 Å². The predicted octanol–water partition coefficient (Wildman–Crippen LogP) is 4.21. The van der Waals surface area contributed by atoms with Gasteiger partial charge in [-0.2, -0.15) is 0 Å². The molecule has 0 radical (unpaired) electrons. The first kappa shape index (κ1) is 18.6. The Kier molecular flexibility index (Phi) is 5.21. The number of benzene rings is 2. The third-order valence-electron chi connectivity index (χ3n) is 4.59. The smallest absolute Gasteiger partial charge is 0.261 e. The van der Waals surface area contributed by atoms with E-state index in [1.54, 1.807) is 13.0 Å². The summed E-state index contributed by atoms with van der Waals surface area (Å²) in [4.78, 5) is 25.1. The molecule has 27 heavy (non-hydrogen) atoms. The molecule has 1 aromatic heterocycles. The predicted molar refractivity (Wildman–Crippen MR) is 105 cm³/mol. The highest BCUT2D eigenvalue weighted by Crippen LogP contribution is 2.16. The van der Waals surface area contributed by atoms with E-state index in [0.717, 1.165) is 16.8 Å². The van der Waals surface area contributed by atoms with Crippen LogP contribution in [-0.2, 0) is 6.54 Å². The van der Waals surface area contributed by atoms with Crippen LogP contribution in [0.2, 0.25) is 0 Å². The van der Waals surface area contributed by atoms with Crippen LogP contribution in [0, 0.1) is 26.6 Å². The Morgan fingerprint density at radius 3 is 2.37 bits per heavy atom. The maximum atomic E-state index is 13.8. The van der Waals surface area contributed by atoms with Crippen molar-refractivity contribution in [3.63, 3.8) is 0 Å². The van der Waals surface area contributed by atoms with Gasteiger partial charge in [0.05, 0.1) is 5.69 Å². The number of amides is 1. The fourth-order valence-electron chi connectivity index (χ4n) is 3.06. The van der Waals surface area contributed by atoms with Gasteiger partial charge in [0.1, 0.15) is 11.4 Å². The largest absolute Gasteiger partial charge is 0.344 e. The summed E-state index contributed by atoms with van der Waals surface area (Å²) in [5.41, 5.74) is 3.24. The summed E-state index contributed by atoms with van der Waals surface area (Å²) in [6, 6.07) is 15.4. The molecule has 5 heteroatoms. The van der Waals surface area contributed by atoms with Gasteiger partial charge in [-0.05, 0) is 38.5 Å². The van der Waals surface area contributed by atoms with Crippen LogP contribution in [0.25, 0.3) is 0 Å². The average molecular weight is 364 g/mol. The third-order valence-corrected chi connectivity index (χ3v) is 4.59. The molecule has 4 nitrogen and oxygen atoms in total. The standard InChI is InChI=1S/C22H21FN2O2/c1-14-8-10-17(11-9-14)13-25-15(2)12-20(26)21(16(25)3)22(27)24-19-7-5-4-6-18(19)23/h4-12H,13H2,1-3H3,(H,24,27). The summed E-state index contributed by atoms with van der Waals surface area (Å²) >= 11 is 0. The van der Waals surface area contributed by atoms with Crippen LogP contribution in [0.15, 0.2) is 59.4 Å². The summed E-state index contributed by atoms with van der Waals surface area (Å²) in [6.45, 7) is 6.13. The number of nitrogens with one attached hydrogen (secondary N) is 1. The topological polar surface area (TPSA) is 51.1 Å². The molecule has 138 valence electrons. The van der Waals surface area contributed by atoms with Crippen molar-refractivity contribution in [1.29, 1.82) is 0 Å². The van der Waals surface area contributed by atoms with Gasteiger partial charge in [0.25, 0.3) is 5.91 Å². The lowest BCUT2D eigenvalue weighted by Gasteiger charge is -2.18. The van der Waals surface area contributed by atoms with Crippen molar-refractivity contribution >= 4 is 11.6 Å². The number of aromatic nitrogens is 1. The minimum atomic E-state index is -0.611. The molecule has 0 unspecified atom stereocenters. The van der Waals surface area contributed by atoms with Crippen molar-refractivity contribution in [3.05, 3.63) is 98.7 Å². The van der Waals surface area contributed by atoms with E-state index < -0.39 is 11.7 Å². The second-order valence-corrected chi connectivity index (χ2v) is 6.62. The Morgan fingerprint density at radius 1 is 1.04 bits per heavy atom. The maximum Gasteiger partial charge on any atom is 0.261 e. The number of carbonyl (C=O) groups excluding carboxylic acids is 1. The molecule has 0 fully saturated rings. The van der Waals surface area contributed by atoms with E-state index in [4.69, 9.17) is 0 Å². The van der Waals surface area contributed by atoms with Gasteiger partial charge in [-0.1, -0.05) is 42.0 Å². The Hall–Kier alpha value is -3.21. The molecule has 0 atom stereocenters. The van der Waals surface area contributed by atoms with Gasteiger partial charge in [0.15, 0.2) is 5.43 Å². The summed E-state index contributed by atoms with van der Waals surface area (Å²) in [5, 5.41) is 2.50. The number of aryl methyl sites for hydroxylation is 2.